The van der Waals surface area contributed by atoms with Crippen molar-refractivity contribution in [1.29, 1.82) is 0 Å². The molecule has 0 saturated heterocycles. The van der Waals surface area contributed by atoms with E-state index in [0.29, 0.717) is 27.2 Å². The van der Waals surface area contributed by atoms with Crippen LogP contribution in [0.25, 0.3) is 23.1 Å². The van der Waals surface area contributed by atoms with Crippen molar-refractivity contribution in [3.63, 3.8) is 0 Å². The molecule has 2 N–H and O–H groups in total. The number of cyclic esters (lactones) is 1. The van der Waals surface area contributed by atoms with E-state index in [1.807, 2.05) is 13.0 Å². The van der Waals surface area contributed by atoms with E-state index in [9.17, 15) is 9.18 Å². The molecule has 0 spiro atoms. The first-order chi connectivity index (χ1) is 12.0. The van der Waals surface area contributed by atoms with Crippen molar-refractivity contribution in [3.05, 3.63) is 69.4 Å². The number of nitrogens with one attached hydrogen (secondary N) is 2. The minimum absolute atomic E-state index is 0.313. The molecule has 1 aromatic carbocycles. The Labute approximate surface area is 147 Å². The number of aryl methyl sites for hydroxylation is 1. The highest BCUT2D eigenvalue weighted by atomic mass is 32.1. The van der Waals surface area contributed by atoms with Crippen molar-refractivity contribution < 1.29 is 13.9 Å². The number of carbonyl (C=O) groups is 1. The van der Waals surface area contributed by atoms with E-state index in [0.717, 1.165) is 16.8 Å². The number of H-pyrrole nitrogens is 2. The first kappa shape index (κ1) is 15.5. The monoisotopic (exact) mass is 353 g/mol. The third-order valence-electron chi connectivity index (χ3n) is 3.93. The van der Waals surface area contributed by atoms with Gasteiger partial charge in [-0.3, -0.25) is 5.10 Å². The summed E-state index contributed by atoms with van der Waals surface area (Å²) in [5, 5.41) is 6.93. The van der Waals surface area contributed by atoms with Gasteiger partial charge in [0.15, 0.2) is 0 Å². The summed E-state index contributed by atoms with van der Waals surface area (Å²) < 4.78 is 18.9. The van der Waals surface area contributed by atoms with Gasteiger partial charge in [-0.2, -0.15) is 5.10 Å². The molecule has 3 heterocycles. The van der Waals surface area contributed by atoms with Gasteiger partial charge >= 0.3 is 5.97 Å². The fourth-order valence-corrected chi connectivity index (χ4v) is 3.15. The van der Waals surface area contributed by atoms with E-state index in [2.05, 4.69) is 15.2 Å². The first-order valence-electron chi connectivity index (χ1n) is 7.50. The van der Waals surface area contributed by atoms with Gasteiger partial charge in [0.1, 0.15) is 21.8 Å². The number of halogens is 1. The van der Waals surface area contributed by atoms with Crippen molar-refractivity contribution in [2.24, 2.45) is 0 Å². The van der Waals surface area contributed by atoms with Crippen molar-refractivity contribution in [3.8, 4) is 11.3 Å². The van der Waals surface area contributed by atoms with Crippen LogP contribution in [0.15, 0.2) is 36.5 Å². The van der Waals surface area contributed by atoms with Gasteiger partial charge < -0.3 is 9.72 Å². The van der Waals surface area contributed by atoms with Crippen LogP contribution < -0.4 is 0 Å². The highest BCUT2D eigenvalue weighted by Crippen LogP contribution is 2.33. The maximum Gasteiger partial charge on any atom is 0.347 e. The van der Waals surface area contributed by atoms with Crippen LogP contribution >= 0.6 is 12.2 Å². The topological polar surface area (TPSA) is 70.8 Å². The quantitative estimate of drug-likeness (QED) is 0.534. The Balaban J connectivity index is 1.83. The summed E-state index contributed by atoms with van der Waals surface area (Å²) in [4.78, 5) is 15.1. The Bertz CT molecular complexity index is 1080. The second kappa shape index (κ2) is 5.78. The average Bonchev–Trinajstić information content (AvgIpc) is 3.14. The molecule has 7 heteroatoms. The number of esters is 1. The minimum Gasteiger partial charge on any atom is -0.422 e. The molecule has 1 aliphatic heterocycles. The minimum atomic E-state index is -0.477. The largest absolute Gasteiger partial charge is 0.422 e. The summed E-state index contributed by atoms with van der Waals surface area (Å²) in [5.41, 5.74) is 4.04. The summed E-state index contributed by atoms with van der Waals surface area (Å²) >= 11 is 5.22. The summed E-state index contributed by atoms with van der Waals surface area (Å²) in [7, 11) is 0. The molecule has 124 valence electrons. The summed E-state index contributed by atoms with van der Waals surface area (Å²) in [6.45, 7) is 1.86. The molecule has 4 rings (SSSR count). The number of pyridine rings is 1. The van der Waals surface area contributed by atoms with Crippen LogP contribution in [-0.2, 0) is 4.74 Å². The standard InChI is InChI=1S/C18H12FN3O2S/c1-9-6-13-14(24-18(23)15(13)17(25)21-9)7-11-8-20-22-16(11)10-2-4-12(19)5-3-10/h2-8H,1H3,(H,20,22)(H,21,25). The number of hydrogen-bond donors (Lipinski definition) is 2. The molecule has 1 aliphatic rings. The Morgan fingerprint density at radius 2 is 2.04 bits per heavy atom. The van der Waals surface area contributed by atoms with Gasteiger partial charge in [-0.15, -0.1) is 0 Å². The third kappa shape index (κ3) is 2.68. The van der Waals surface area contributed by atoms with Gasteiger partial charge in [0, 0.05) is 22.4 Å². The molecule has 0 amide bonds. The van der Waals surface area contributed by atoms with Crippen LogP contribution in [0.3, 0.4) is 0 Å². The van der Waals surface area contributed by atoms with Gasteiger partial charge in [-0.1, -0.05) is 12.2 Å². The lowest BCUT2D eigenvalue weighted by molar-refractivity contribution is 0.0716. The number of rotatable bonds is 2. The molecule has 0 fully saturated rings. The van der Waals surface area contributed by atoms with Crippen LogP contribution in [0.2, 0.25) is 0 Å². The molecule has 0 bridgehead atoms. The molecule has 0 saturated carbocycles. The number of aromatic nitrogens is 3. The van der Waals surface area contributed by atoms with Gasteiger partial charge in [0.25, 0.3) is 0 Å². The van der Waals surface area contributed by atoms with Gasteiger partial charge in [-0.05, 0) is 43.3 Å². The van der Waals surface area contributed by atoms with Crippen molar-refractivity contribution in [1.82, 2.24) is 15.2 Å². The fraction of sp³-hybridized carbons (Fsp3) is 0.0556. The average molecular weight is 353 g/mol. The normalized spacial score (nSPS) is 14.6. The van der Waals surface area contributed by atoms with E-state index in [1.165, 1.54) is 12.1 Å². The van der Waals surface area contributed by atoms with E-state index in [4.69, 9.17) is 17.0 Å². The molecule has 25 heavy (non-hydrogen) atoms. The third-order valence-corrected chi connectivity index (χ3v) is 4.23. The molecule has 0 aliphatic carbocycles. The van der Waals surface area contributed by atoms with Crippen LogP contribution in [0.4, 0.5) is 4.39 Å². The molecule has 0 radical (unpaired) electrons. The highest BCUT2D eigenvalue weighted by molar-refractivity contribution is 7.71. The number of carbonyl (C=O) groups excluding carboxylic acids is 1. The molecule has 3 aromatic rings. The zero-order chi connectivity index (χ0) is 17.6. The predicted molar refractivity (Wildman–Crippen MR) is 93.6 cm³/mol. The van der Waals surface area contributed by atoms with Crippen molar-refractivity contribution >= 4 is 30.0 Å². The smallest absolute Gasteiger partial charge is 0.347 e. The number of aromatic amines is 2. The summed E-state index contributed by atoms with van der Waals surface area (Å²) in [6, 6.07) is 7.88. The van der Waals surface area contributed by atoms with Crippen LogP contribution in [0.1, 0.15) is 27.2 Å². The fourth-order valence-electron chi connectivity index (χ4n) is 2.79. The maximum absolute atomic E-state index is 13.1. The van der Waals surface area contributed by atoms with Crippen LogP contribution in [-0.4, -0.2) is 21.2 Å². The Hall–Kier alpha value is -3.06. The van der Waals surface area contributed by atoms with Crippen molar-refractivity contribution in [2.45, 2.75) is 6.92 Å². The molecule has 5 nitrogen and oxygen atoms in total. The second-order valence-electron chi connectivity index (χ2n) is 5.68. The first-order valence-corrected chi connectivity index (χ1v) is 7.91. The molecule has 2 aromatic heterocycles. The molecule has 0 unspecified atom stereocenters. The summed E-state index contributed by atoms with van der Waals surface area (Å²) in [5.74, 6) is -0.381. The van der Waals surface area contributed by atoms with E-state index >= 15 is 0 Å². The van der Waals surface area contributed by atoms with Gasteiger partial charge in [0.05, 0.1) is 11.9 Å². The number of ether oxygens (including phenoxy) is 1. The lowest BCUT2D eigenvalue weighted by Crippen LogP contribution is -1.97. The number of hydrogen-bond acceptors (Lipinski definition) is 4. The highest BCUT2D eigenvalue weighted by Gasteiger charge is 2.28. The summed E-state index contributed by atoms with van der Waals surface area (Å²) in [6.07, 6.45) is 3.34. The van der Waals surface area contributed by atoms with Crippen molar-refractivity contribution in [2.75, 3.05) is 0 Å². The SMILES string of the molecule is Cc1cc2c(c(=S)[nH]1)C(=O)OC2=Cc1cn[nH]c1-c1ccc(F)cc1. The molecular formula is C18H12FN3O2S. The Kier molecular flexibility index (Phi) is 3.58. The molecule has 0 atom stereocenters. The second-order valence-corrected chi connectivity index (χ2v) is 6.08. The zero-order valence-corrected chi connectivity index (χ0v) is 13.9. The number of benzene rings is 1. The van der Waals surface area contributed by atoms with E-state index < -0.39 is 5.97 Å². The molecular weight excluding hydrogens is 341 g/mol. The Morgan fingerprint density at radius 3 is 2.80 bits per heavy atom. The van der Waals surface area contributed by atoms with E-state index in [-0.39, 0.29) is 5.82 Å². The maximum atomic E-state index is 13.1. The number of nitrogens with zero attached hydrogens (tertiary/aromatic N) is 1. The zero-order valence-electron chi connectivity index (χ0n) is 13.1. The van der Waals surface area contributed by atoms with Gasteiger partial charge in [0.2, 0.25) is 0 Å². The van der Waals surface area contributed by atoms with Crippen LogP contribution in [0, 0.1) is 17.4 Å². The lowest BCUT2D eigenvalue weighted by atomic mass is 10.0. The van der Waals surface area contributed by atoms with Gasteiger partial charge in [-0.25, -0.2) is 9.18 Å². The Morgan fingerprint density at radius 1 is 1.28 bits per heavy atom. The predicted octanol–water partition coefficient (Wildman–Crippen LogP) is 4.25. The number of fused-ring (bicyclic) bond motifs is 1. The van der Waals surface area contributed by atoms with Crippen LogP contribution in [0.5, 0.6) is 0 Å². The van der Waals surface area contributed by atoms with E-state index in [1.54, 1.807) is 24.4 Å². The lowest BCUT2D eigenvalue weighted by Gasteiger charge is -2.02.